The molecule has 0 saturated carbocycles. The smallest absolute Gasteiger partial charge is 0.284 e. The average Bonchev–Trinajstić information content (AvgIpc) is 2.35. The van der Waals surface area contributed by atoms with Gasteiger partial charge in [0, 0.05) is 39.1 Å². The van der Waals surface area contributed by atoms with Crippen LogP contribution in [0.2, 0.25) is 0 Å². The second-order valence-electron chi connectivity index (χ2n) is 5.38. The summed E-state index contributed by atoms with van der Waals surface area (Å²) in [6, 6.07) is 0. The van der Waals surface area contributed by atoms with E-state index in [1.165, 1.54) is 6.92 Å². The molecule has 2 atom stereocenters. The molecule has 2 unspecified atom stereocenters. The molecule has 0 aliphatic carbocycles. The van der Waals surface area contributed by atoms with Crippen LogP contribution in [0.5, 0.6) is 0 Å². The lowest BCUT2D eigenvalue weighted by molar-refractivity contribution is 0.0333. The third kappa shape index (κ3) is 3.90. The number of β-amino-alcohol motifs (C(OH)–C–C–N with tert-alkyl or cyclic N) is 1. The minimum Gasteiger partial charge on any atom is -0.395 e. The summed E-state index contributed by atoms with van der Waals surface area (Å²) in [5.41, 5.74) is 0. The van der Waals surface area contributed by atoms with E-state index in [4.69, 9.17) is 5.11 Å². The molecule has 0 radical (unpaired) electrons. The fourth-order valence-corrected chi connectivity index (χ4v) is 4.26. The summed E-state index contributed by atoms with van der Waals surface area (Å²) >= 11 is 0. The standard InChI is InChI=1S/C12H26N2O5S/c1-3-12(10-11(2)16,20(17,18)19)14-6-4-13(5-7-14)8-9-15/h11,15-16H,3-10H2,1-2H3,(H,17,18,19). The monoisotopic (exact) mass is 310 g/mol. The Bertz CT molecular complexity index is 393. The minimum absolute atomic E-state index is 0.0116. The molecule has 0 aromatic heterocycles. The maximum atomic E-state index is 11.9. The predicted molar refractivity (Wildman–Crippen MR) is 76.0 cm³/mol. The molecule has 1 fully saturated rings. The van der Waals surface area contributed by atoms with Crippen LogP contribution >= 0.6 is 0 Å². The van der Waals surface area contributed by atoms with Crippen molar-refractivity contribution in [1.82, 2.24) is 9.80 Å². The summed E-state index contributed by atoms with van der Waals surface area (Å²) in [5.74, 6) is 0. The Hall–Kier alpha value is -0.250. The van der Waals surface area contributed by atoms with E-state index in [9.17, 15) is 18.1 Å². The van der Waals surface area contributed by atoms with Gasteiger partial charge in [-0.1, -0.05) is 6.92 Å². The molecule has 0 aromatic rings. The Labute approximate surface area is 120 Å². The summed E-state index contributed by atoms with van der Waals surface area (Å²) in [6.45, 7) is 6.12. The lowest BCUT2D eigenvalue weighted by atomic mass is 10.0. The highest BCUT2D eigenvalue weighted by Gasteiger charge is 2.48. The second-order valence-corrected chi connectivity index (χ2v) is 7.09. The lowest BCUT2D eigenvalue weighted by Gasteiger charge is -2.45. The van der Waals surface area contributed by atoms with Gasteiger partial charge in [0.1, 0.15) is 0 Å². The third-order valence-electron chi connectivity index (χ3n) is 4.01. The highest BCUT2D eigenvalue weighted by Crippen LogP contribution is 2.32. The van der Waals surface area contributed by atoms with Crippen molar-refractivity contribution in [3.05, 3.63) is 0 Å². The number of aliphatic hydroxyl groups is 2. The molecule has 1 aliphatic rings. The molecule has 20 heavy (non-hydrogen) atoms. The van der Waals surface area contributed by atoms with Gasteiger partial charge in [0.2, 0.25) is 0 Å². The van der Waals surface area contributed by atoms with Gasteiger partial charge < -0.3 is 10.2 Å². The molecule has 1 rings (SSSR count). The van der Waals surface area contributed by atoms with Gasteiger partial charge in [-0.3, -0.25) is 14.4 Å². The minimum atomic E-state index is -4.30. The van der Waals surface area contributed by atoms with Crippen LogP contribution in [0.4, 0.5) is 0 Å². The summed E-state index contributed by atoms with van der Waals surface area (Å²) in [6.07, 6.45) is -0.605. The van der Waals surface area contributed by atoms with Crippen LogP contribution in [0, 0.1) is 0 Å². The number of nitrogens with zero attached hydrogens (tertiary/aromatic N) is 2. The van der Waals surface area contributed by atoms with Crippen molar-refractivity contribution < 1.29 is 23.2 Å². The first-order chi connectivity index (χ1) is 9.26. The molecule has 8 heteroatoms. The molecule has 0 aromatic carbocycles. The number of aliphatic hydroxyl groups excluding tert-OH is 2. The zero-order valence-electron chi connectivity index (χ0n) is 12.2. The number of hydrogen-bond donors (Lipinski definition) is 3. The van der Waals surface area contributed by atoms with E-state index in [2.05, 4.69) is 0 Å². The number of rotatable bonds is 7. The SMILES string of the molecule is CCC(CC(C)O)(N1CCN(CCO)CC1)S(=O)(=O)O. The first kappa shape index (κ1) is 17.8. The lowest BCUT2D eigenvalue weighted by Crippen LogP contribution is -2.61. The highest BCUT2D eigenvalue weighted by atomic mass is 32.2. The molecule has 0 spiro atoms. The Balaban J connectivity index is 2.90. The van der Waals surface area contributed by atoms with Crippen LogP contribution in [-0.4, -0.2) is 83.3 Å². The predicted octanol–water partition coefficient (Wildman–Crippen LogP) is -0.639. The van der Waals surface area contributed by atoms with Crippen LogP contribution < -0.4 is 0 Å². The molecule has 1 aliphatic heterocycles. The summed E-state index contributed by atoms with van der Waals surface area (Å²) in [5, 5.41) is 18.5. The quantitative estimate of drug-likeness (QED) is 0.538. The number of hydrogen-bond acceptors (Lipinski definition) is 6. The van der Waals surface area contributed by atoms with E-state index in [1.807, 2.05) is 4.90 Å². The zero-order chi connectivity index (χ0) is 15.4. The van der Waals surface area contributed by atoms with Gasteiger partial charge in [0.25, 0.3) is 10.1 Å². The van der Waals surface area contributed by atoms with Crippen molar-refractivity contribution >= 4 is 10.1 Å². The fourth-order valence-electron chi connectivity index (χ4n) is 2.93. The van der Waals surface area contributed by atoms with Crippen molar-refractivity contribution in [2.24, 2.45) is 0 Å². The van der Waals surface area contributed by atoms with Crippen LogP contribution in [0.1, 0.15) is 26.7 Å². The van der Waals surface area contributed by atoms with Crippen molar-refractivity contribution in [1.29, 1.82) is 0 Å². The maximum absolute atomic E-state index is 11.9. The number of piperazine rings is 1. The highest BCUT2D eigenvalue weighted by molar-refractivity contribution is 7.87. The Morgan fingerprint density at radius 3 is 2.15 bits per heavy atom. The van der Waals surface area contributed by atoms with Gasteiger partial charge in [0.05, 0.1) is 12.7 Å². The van der Waals surface area contributed by atoms with Gasteiger partial charge in [0.15, 0.2) is 4.87 Å². The summed E-state index contributed by atoms with van der Waals surface area (Å²) < 4.78 is 33.4. The normalized spacial score (nSPS) is 23.4. The van der Waals surface area contributed by atoms with E-state index in [-0.39, 0.29) is 19.4 Å². The molecule has 0 amide bonds. The van der Waals surface area contributed by atoms with Crippen molar-refractivity contribution in [3.63, 3.8) is 0 Å². The van der Waals surface area contributed by atoms with Crippen LogP contribution in [-0.2, 0) is 10.1 Å². The fraction of sp³-hybridized carbons (Fsp3) is 1.00. The van der Waals surface area contributed by atoms with Crippen LogP contribution in [0.15, 0.2) is 0 Å². The van der Waals surface area contributed by atoms with E-state index < -0.39 is 21.1 Å². The topological polar surface area (TPSA) is 101 Å². The first-order valence-corrected chi connectivity index (χ1v) is 8.44. The van der Waals surface area contributed by atoms with Crippen LogP contribution in [0.3, 0.4) is 0 Å². The molecule has 7 nitrogen and oxygen atoms in total. The van der Waals surface area contributed by atoms with E-state index >= 15 is 0 Å². The molecule has 120 valence electrons. The zero-order valence-corrected chi connectivity index (χ0v) is 13.0. The van der Waals surface area contributed by atoms with Crippen molar-refractivity contribution in [2.45, 2.75) is 37.7 Å². The van der Waals surface area contributed by atoms with Gasteiger partial charge in [-0.15, -0.1) is 0 Å². The molecule has 1 heterocycles. The van der Waals surface area contributed by atoms with Crippen molar-refractivity contribution in [3.8, 4) is 0 Å². The molecule has 3 N–H and O–H groups in total. The first-order valence-electron chi connectivity index (χ1n) is 7.00. The average molecular weight is 310 g/mol. The third-order valence-corrected chi connectivity index (χ3v) is 5.69. The van der Waals surface area contributed by atoms with Gasteiger partial charge in [-0.2, -0.15) is 8.42 Å². The molecular formula is C12H26N2O5S. The summed E-state index contributed by atoms with van der Waals surface area (Å²) in [4.78, 5) is 2.36. The largest absolute Gasteiger partial charge is 0.395 e. The molecule has 1 saturated heterocycles. The molecular weight excluding hydrogens is 284 g/mol. The Kier molecular flexibility index (Phi) is 6.36. The Morgan fingerprint density at radius 1 is 1.25 bits per heavy atom. The van der Waals surface area contributed by atoms with Gasteiger partial charge in [-0.25, -0.2) is 0 Å². The van der Waals surface area contributed by atoms with Crippen LogP contribution in [0.25, 0.3) is 0 Å². The second kappa shape index (κ2) is 7.15. The maximum Gasteiger partial charge on any atom is 0.284 e. The van der Waals surface area contributed by atoms with Gasteiger partial charge in [-0.05, 0) is 13.3 Å². The van der Waals surface area contributed by atoms with Gasteiger partial charge >= 0.3 is 0 Å². The Morgan fingerprint density at radius 2 is 1.80 bits per heavy atom. The molecule has 0 bridgehead atoms. The summed E-state index contributed by atoms with van der Waals surface area (Å²) in [7, 11) is -4.30. The van der Waals surface area contributed by atoms with E-state index in [0.29, 0.717) is 32.7 Å². The van der Waals surface area contributed by atoms with Crippen molar-refractivity contribution in [2.75, 3.05) is 39.3 Å². The van der Waals surface area contributed by atoms with E-state index in [0.717, 1.165) is 0 Å². The van der Waals surface area contributed by atoms with E-state index in [1.54, 1.807) is 11.8 Å².